The van der Waals surface area contributed by atoms with E-state index in [2.05, 4.69) is 38.2 Å². The number of benzene rings is 1. The quantitative estimate of drug-likeness (QED) is 0.907. The highest BCUT2D eigenvalue weighted by Gasteiger charge is 2.41. The summed E-state index contributed by atoms with van der Waals surface area (Å²) in [6.07, 6.45) is 1.71. The predicted molar refractivity (Wildman–Crippen MR) is 74.1 cm³/mol. The zero-order valence-electron chi connectivity index (χ0n) is 11.5. The number of nitrogens with one attached hydrogen (secondary N) is 1. The van der Waals surface area contributed by atoms with Crippen LogP contribution in [0.15, 0.2) is 47.1 Å². The Morgan fingerprint density at radius 1 is 1.16 bits per heavy atom. The van der Waals surface area contributed by atoms with Crippen molar-refractivity contribution in [2.45, 2.75) is 38.5 Å². The van der Waals surface area contributed by atoms with Crippen LogP contribution in [0.2, 0.25) is 0 Å². The molecule has 1 aromatic carbocycles. The second-order valence-corrected chi connectivity index (χ2v) is 5.58. The summed E-state index contributed by atoms with van der Waals surface area (Å²) in [7, 11) is 0. The van der Waals surface area contributed by atoms with Crippen LogP contribution in [0, 0.1) is 0 Å². The maximum absolute atomic E-state index is 6.03. The third-order valence-corrected chi connectivity index (χ3v) is 3.68. The van der Waals surface area contributed by atoms with E-state index in [9.17, 15) is 0 Å². The van der Waals surface area contributed by atoms with Gasteiger partial charge in [0.2, 0.25) is 0 Å². The lowest BCUT2D eigenvalue weighted by molar-refractivity contribution is 0.0905. The fourth-order valence-corrected chi connectivity index (χ4v) is 2.69. The van der Waals surface area contributed by atoms with Crippen molar-refractivity contribution < 1.29 is 9.15 Å². The number of ether oxygens (including phenoxy) is 1. The molecule has 0 fully saturated rings. The summed E-state index contributed by atoms with van der Waals surface area (Å²) in [4.78, 5) is 0. The van der Waals surface area contributed by atoms with Crippen LogP contribution in [0.5, 0.6) is 5.75 Å². The van der Waals surface area contributed by atoms with Gasteiger partial charge in [0.25, 0.3) is 0 Å². The van der Waals surface area contributed by atoms with Gasteiger partial charge in [0.1, 0.15) is 17.1 Å². The van der Waals surface area contributed by atoms with Crippen molar-refractivity contribution in [2.75, 3.05) is 0 Å². The molecule has 0 saturated carbocycles. The van der Waals surface area contributed by atoms with Crippen molar-refractivity contribution in [3.63, 3.8) is 0 Å². The molecule has 1 aliphatic rings. The first-order valence-electron chi connectivity index (χ1n) is 6.65. The van der Waals surface area contributed by atoms with Crippen molar-refractivity contribution in [2.24, 2.45) is 0 Å². The van der Waals surface area contributed by atoms with Gasteiger partial charge < -0.3 is 9.15 Å². The van der Waals surface area contributed by atoms with Gasteiger partial charge >= 0.3 is 0 Å². The SMILES string of the molecule is C[C@H](NC1c2ccccc2OC1(C)C)c1ccco1. The topological polar surface area (TPSA) is 34.4 Å². The molecule has 0 bridgehead atoms. The Labute approximate surface area is 113 Å². The zero-order valence-corrected chi connectivity index (χ0v) is 11.5. The van der Waals surface area contributed by atoms with Gasteiger partial charge in [-0.1, -0.05) is 18.2 Å². The van der Waals surface area contributed by atoms with Crippen LogP contribution in [0.25, 0.3) is 0 Å². The molecule has 0 spiro atoms. The monoisotopic (exact) mass is 257 g/mol. The Morgan fingerprint density at radius 3 is 2.68 bits per heavy atom. The lowest BCUT2D eigenvalue weighted by atomic mass is 9.93. The van der Waals surface area contributed by atoms with E-state index in [0.29, 0.717) is 0 Å². The van der Waals surface area contributed by atoms with Crippen molar-refractivity contribution in [3.8, 4) is 5.75 Å². The highest BCUT2D eigenvalue weighted by Crippen LogP contribution is 2.43. The van der Waals surface area contributed by atoms with Crippen LogP contribution >= 0.6 is 0 Å². The molecule has 1 aliphatic heterocycles. The van der Waals surface area contributed by atoms with E-state index < -0.39 is 0 Å². The second kappa shape index (κ2) is 4.42. The van der Waals surface area contributed by atoms with Crippen LogP contribution in [0.4, 0.5) is 0 Å². The molecular formula is C16H19NO2. The largest absolute Gasteiger partial charge is 0.486 e. The number of furan rings is 1. The minimum absolute atomic E-state index is 0.147. The van der Waals surface area contributed by atoms with Gasteiger partial charge in [-0.2, -0.15) is 0 Å². The molecule has 0 radical (unpaired) electrons. The van der Waals surface area contributed by atoms with Gasteiger partial charge in [-0.15, -0.1) is 0 Å². The molecule has 3 rings (SSSR count). The average molecular weight is 257 g/mol. The number of para-hydroxylation sites is 1. The summed E-state index contributed by atoms with van der Waals surface area (Å²) in [6, 6.07) is 12.4. The molecule has 0 saturated heterocycles. The maximum Gasteiger partial charge on any atom is 0.125 e. The molecule has 100 valence electrons. The Kier molecular flexibility index (Phi) is 2.86. The van der Waals surface area contributed by atoms with E-state index in [-0.39, 0.29) is 17.7 Å². The summed E-state index contributed by atoms with van der Waals surface area (Å²) < 4.78 is 11.5. The first-order chi connectivity index (χ1) is 9.08. The fourth-order valence-electron chi connectivity index (χ4n) is 2.69. The van der Waals surface area contributed by atoms with E-state index >= 15 is 0 Å². The first-order valence-corrected chi connectivity index (χ1v) is 6.65. The predicted octanol–water partition coefficient (Wildman–Crippen LogP) is 3.84. The first kappa shape index (κ1) is 12.3. The van der Waals surface area contributed by atoms with Crippen LogP contribution in [0.3, 0.4) is 0 Å². The van der Waals surface area contributed by atoms with Crippen LogP contribution < -0.4 is 10.1 Å². The molecular weight excluding hydrogens is 238 g/mol. The molecule has 1 unspecified atom stereocenters. The molecule has 3 nitrogen and oxygen atoms in total. The molecule has 0 amide bonds. The van der Waals surface area contributed by atoms with Gasteiger partial charge in [0.05, 0.1) is 18.3 Å². The van der Waals surface area contributed by atoms with Gasteiger partial charge in [-0.3, -0.25) is 5.32 Å². The third-order valence-electron chi connectivity index (χ3n) is 3.68. The van der Waals surface area contributed by atoms with Crippen molar-refractivity contribution >= 4 is 0 Å². The number of fused-ring (bicyclic) bond motifs is 1. The van der Waals surface area contributed by atoms with Crippen LogP contribution in [0.1, 0.15) is 44.2 Å². The fraction of sp³-hybridized carbons (Fsp3) is 0.375. The smallest absolute Gasteiger partial charge is 0.125 e. The van der Waals surface area contributed by atoms with Gasteiger partial charge in [0.15, 0.2) is 0 Å². The normalized spacial score (nSPS) is 21.7. The van der Waals surface area contributed by atoms with Crippen molar-refractivity contribution in [1.29, 1.82) is 0 Å². The summed E-state index contributed by atoms with van der Waals surface area (Å²) in [5.41, 5.74) is 0.954. The highest BCUT2D eigenvalue weighted by molar-refractivity contribution is 5.42. The highest BCUT2D eigenvalue weighted by atomic mass is 16.5. The average Bonchev–Trinajstić information content (AvgIpc) is 2.96. The molecule has 3 heteroatoms. The Bertz CT molecular complexity index is 560. The lowest BCUT2D eigenvalue weighted by Crippen LogP contribution is -2.40. The van der Waals surface area contributed by atoms with E-state index in [4.69, 9.17) is 9.15 Å². The molecule has 2 aromatic rings. The summed E-state index contributed by atoms with van der Waals surface area (Å²) in [5.74, 6) is 1.91. The molecule has 0 aliphatic carbocycles. The van der Waals surface area contributed by atoms with E-state index in [1.54, 1.807) is 6.26 Å². The Morgan fingerprint density at radius 2 is 1.95 bits per heavy atom. The number of hydrogen-bond acceptors (Lipinski definition) is 3. The minimum Gasteiger partial charge on any atom is -0.486 e. The van der Waals surface area contributed by atoms with Gasteiger partial charge in [-0.25, -0.2) is 0 Å². The minimum atomic E-state index is -0.259. The molecule has 1 N–H and O–H groups in total. The summed E-state index contributed by atoms with van der Waals surface area (Å²) >= 11 is 0. The second-order valence-electron chi connectivity index (χ2n) is 5.58. The van der Waals surface area contributed by atoms with E-state index in [0.717, 1.165) is 11.5 Å². The molecule has 19 heavy (non-hydrogen) atoms. The van der Waals surface area contributed by atoms with Gasteiger partial charge in [-0.05, 0) is 39.0 Å². The maximum atomic E-state index is 6.03. The third kappa shape index (κ3) is 2.15. The summed E-state index contributed by atoms with van der Waals surface area (Å²) in [6.45, 7) is 6.33. The lowest BCUT2D eigenvalue weighted by Gasteiger charge is -2.29. The molecule has 1 aromatic heterocycles. The van der Waals surface area contributed by atoms with Crippen LogP contribution in [-0.2, 0) is 0 Å². The van der Waals surface area contributed by atoms with E-state index in [1.165, 1.54) is 5.56 Å². The van der Waals surface area contributed by atoms with Gasteiger partial charge in [0, 0.05) is 5.56 Å². The van der Waals surface area contributed by atoms with Crippen molar-refractivity contribution in [3.05, 3.63) is 54.0 Å². The van der Waals surface area contributed by atoms with Crippen molar-refractivity contribution in [1.82, 2.24) is 5.32 Å². The number of hydrogen-bond donors (Lipinski definition) is 1. The summed E-state index contributed by atoms with van der Waals surface area (Å²) in [5, 5.41) is 3.61. The number of rotatable bonds is 3. The standard InChI is InChI=1S/C16H19NO2/c1-11(13-9-6-10-18-13)17-15-12-7-4-5-8-14(12)19-16(15,2)3/h4-11,15,17H,1-3H3/t11-,15?/m0/s1. The molecule has 2 heterocycles. The Balaban J connectivity index is 1.87. The molecule has 2 atom stereocenters. The Hall–Kier alpha value is -1.74. The zero-order chi connectivity index (χ0) is 13.5. The van der Waals surface area contributed by atoms with E-state index in [1.807, 2.05) is 24.3 Å². The van der Waals surface area contributed by atoms with Crippen LogP contribution in [-0.4, -0.2) is 5.60 Å².